The highest BCUT2D eigenvalue weighted by Gasteiger charge is 2.31. The van der Waals surface area contributed by atoms with Crippen LogP contribution in [0.4, 0.5) is 0 Å². The van der Waals surface area contributed by atoms with Gasteiger partial charge in [0.2, 0.25) is 0 Å². The Labute approximate surface area is 78.7 Å². The molecule has 1 heterocycles. The molecule has 0 aliphatic carbocycles. The molecule has 0 aromatic rings. The summed E-state index contributed by atoms with van der Waals surface area (Å²) < 4.78 is 5.90. The summed E-state index contributed by atoms with van der Waals surface area (Å²) in [6.45, 7) is 7.67. The van der Waals surface area contributed by atoms with Gasteiger partial charge in [0, 0.05) is 6.61 Å². The Bertz CT molecular complexity index is 130. The first-order valence-electron chi connectivity index (χ1n) is 5.12. The van der Waals surface area contributed by atoms with Gasteiger partial charge in [0.25, 0.3) is 0 Å². The molecule has 1 atom stereocenters. The Morgan fingerprint density at radius 2 is 2.00 bits per heavy atom. The molecule has 12 heavy (non-hydrogen) atoms. The van der Waals surface area contributed by atoms with Gasteiger partial charge in [0.15, 0.2) is 0 Å². The van der Waals surface area contributed by atoms with Gasteiger partial charge in [0.1, 0.15) is 0 Å². The van der Waals surface area contributed by atoms with Crippen molar-refractivity contribution in [2.45, 2.75) is 38.5 Å². The fourth-order valence-corrected chi connectivity index (χ4v) is 3.25. The van der Waals surface area contributed by atoms with Gasteiger partial charge in [-0.3, -0.25) is 4.90 Å². The number of nitrogens with zero attached hydrogens (tertiary/aromatic N) is 1. The molecule has 0 aromatic carbocycles. The van der Waals surface area contributed by atoms with Crippen molar-refractivity contribution in [2.75, 3.05) is 19.7 Å². The molecule has 1 unspecified atom stereocenters. The molecule has 0 bridgehead atoms. The summed E-state index contributed by atoms with van der Waals surface area (Å²) in [5.41, 5.74) is 0. The van der Waals surface area contributed by atoms with Gasteiger partial charge in [-0.25, -0.2) is 0 Å². The second-order valence-electron chi connectivity index (χ2n) is 3.65. The molecular formula is C9H21NOSi. The monoisotopic (exact) mass is 187 g/mol. The number of ether oxygens (including phenoxy) is 1. The van der Waals surface area contributed by atoms with Crippen molar-refractivity contribution in [3.05, 3.63) is 0 Å². The third kappa shape index (κ3) is 2.09. The van der Waals surface area contributed by atoms with Crippen LogP contribution in [0.5, 0.6) is 0 Å². The standard InChI is InChI=1S/C9H21NOSi/c1-3-10(4-2)9(12)7-5-6-8-11-9/h3-8H2,1-2,12H3. The van der Waals surface area contributed by atoms with Crippen LogP contribution in [0.1, 0.15) is 33.1 Å². The first-order valence-corrected chi connectivity index (χ1v) is 6.12. The predicted molar refractivity (Wildman–Crippen MR) is 55.4 cm³/mol. The minimum absolute atomic E-state index is 0.168. The molecule has 0 radical (unpaired) electrons. The summed E-state index contributed by atoms with van der Waals surface area (Å²) >= 11 is 0. The second kappa shape index (κ2) is 4.39. The zero-order chi connectivity index (χ0) is 9.03. The fourth-order valence-electron chi connectivity index (χ4n) is 2.06. The molecule has 1 fully saturated rings. The average molecular weight is 187 g/mol. The highest BCUT2D eigenvalue weighted by molar-refractivity contribution is 6.14. The second-order valence-corrected chi connectivity index (χ2v) is 5.22. The summed E-state index contributed by atoms with van der Waals surface area (Å²) in [4.78, 5) is 2.47. The van der Waals surface area contributed by atoms with Crippen molar-refractivity contribution >= 4 is 10.2 Å². The molecule has 0 amide bonds. The lowest BCUT2D eigenvalue weighted by atomic mass is 10.1. The van der Waals surface area contributed by atoms with Crippen LogP contribution in [0.2, 0.25) is 0 Å². The van der Waals surface area contributed by atoms with Crippen molar-refractivity contribution in [2.24, 2.45) is 0 Å². The molecule has 0 saturated carbocycles. The first-order chi connectivity index (χ1) is 5.73. The third-order valence-electron chi connectivity index (χ3n) is 2.88. The van der Waals surface area contributed by atoms with Crippen molar-refractivity contribution in [1.82, 2.24) is 4.90 Å². The summed E-state index contributed by atoms with van der Waals surface area (Å²) in [6.07, 6.45) is 3.85. The van der Waals surface area contributed by atoms with Crippen LogP contribution in [0, 0.1) is 0 Å². The smallest absolute Gasteiger partial charge is 0.0970 e. The van der Waals surface area contributed by atoms with Crippen molar-refractivity contribution in [1.29, 1.82) is 0 Å². The molecule has 0 aromatic heterocycles. The van der Waals surface area contributed by atoms with E-state index in [2.05, 4.69) is 18.7 Å². The van der Waals surface area contributed by atoms with E-state index < -0.39 is 0 Å². The lowest BCUT2D eigenvalue weighted by Gasteiger charge is -2.43. The van der Waals surface area contributed by atoms with Gasteiger partial charge < -0.3 is 4.74 Å². The Kier molecular flexibility index (Phi) is 3.74. The van der Waals surface area contributed by atoms with E-state index in [-0.39, 0.29) is 5.35 Å². The van der Waals surface area contributed by atoms with Crippen molar-refractivity contribution in [3.63, 3.8) is 0 Å². The minimum Gasteiger partial charge on any atom is -0.365 e. The van der Waals surface area contributed by atoms with E-state index in [9.17, 15) is 0 Å². The van der Waals surface area contributed by atoms with Crippen LogP contribution < -0.4 is 0 Å². The molecule has 1 saturated heterocycles. The largest absolute Gasteiger partial charge is 0.365 e. The van der Waals surface area contributed by atoms with E-state index in [4.69, 9.17) is 4.74 Å². The Morgan fingerprint density at radius 3 is 2.42 bits per heavy atom. The van der Waals surface area contributed by atoms with Gasteiger partial charge in [-0.1, -0.05) is 13.8 Å². The molecule has 1 aliphatic heterocycles. The molecule has 3 heteroatoms. The highest BCUT2D eigenvalue weighted by atomic mass is 28.1. The van der Waals surface area contributed by atoms with Gasteiger partial charge in [0.05, 0.1) is 15.6 Å². The fraction of sp³-hybridized carbons (Fsp3) is 1.00. The predicted octanol–water partition coefficient (Wildman–Crippen LogP) is 0.548. The molecule has 2 nitrogen and oxygen atoms in total. The molecule has 1 aliphatic rings. The van der Waals surface area contributed by atoms with E-state index >= 15 is 0 Å². The third-order valence-corrected chi connectivity index (χ3v) is 4.30. The van der Waals surface area contributed by atoms with Crippen LogP contribution in [-0.4, -0.2) is 40.2 Å². The molecule has 72 valence electrons. The lowest BCUT2D eigenvalue weighted by molar-refractivity contribution is -0.117. The summed E-state index contributed by atoms with van der Waals surface area (Å²) in [6, 6.07) is 0. The van der Waals surface area contributed by atoms with Gasteiger partial charge in [-0.05, 0) is 32.4 Å². The number of hydrogen-bond donors (Lipinski definition) is 0. The SMILES string of the molecule is CCN(CC)C1([SiH3])CCCCO1. The van der Waals surface area contributed by atoms with E-state index in [1.165, 1.54) is 19.3 Å². The van der Waals surface area contributed by atoms with Crippen molar-refractivity contribution in [3.8, 4) is 0 Å². The normalized spacial score (nSPS) is 31.2. The van der Waals surface area contributed by atoms with Crippen molar-refractivity contribution < 1.29 is 4.74 Å². The maximum atomic E-state index is 5.90. The van der Waals surface area contributed by atoms with Gasteiger partial charge >= 0.3 is 0 Å². The zero-order valence-electron chi connectivity index (χ0n) is 8.60. The highest BCUT2D eigenvalue weighted by Crippen LogP contribution is 2.25. The maximum absolute atomic E-state index is 5.90. The topological polar surface area (TPSA) is 12.5 Å². The number of hydrogen-bond acceptors (Lipinski definition) is 2. The van der Waals surface area contributed by atoms with E-state index in [0.29, 0.717) is 0 Å². The zero-order valence-corrected chi connectivity index (χ0v) is 10.6. The van der Waals surface area contributed by atoms with E-state index in [1.807, 2.05) is 0 Å². The average Bonchev–Trinajstić information content (AvgIpc) is 2.07. The molecular weight excluding hydrogens is 166 g/mol. The molecule has 0 N–H and O–H groups in total. The van der Waals surface area contributed by atoms with Gasteiger partial charge in [-0.2, -0.15) is 0 Å². The number of rotatable bonds is 3. The van der Waals surface area contributed by atoms with Crippen LogP contribution in [0.3, 0.4) is 0 Å². The summed E-state index contributed by atoms with van der Waals surface area (Å²) in [7, 11) is 1.14. The minimum atomic E-state index is 0.168. The Balaban J connectivity index is 2.53. The van der Waals surface area contributed by atoms with E-state index in [1.54, 1.807) is 0 Å². The van der Waals surface area contributed by atoms with Crippen LogP contribution in [-0.2, 0) is 4.74 Å². The summed E-state index contributed by atoms with van der Waals surface area (Å²) in [5, 5.41) is 0.168. The lowest BCUT2D eigenvalue weighted by Crippen LogP contribution is -2.53. The first kappa shape index (κ1) is 10.2. The molecule has 1 rings (SSSR count). The summed E-state index contributed by atoms with van der Waals surface area (Å²) in [5.74, 6) is 0. The quantitative estimate of drug-likeness (QED) is 0.598. The van der Waals surface area contributed by atoms with E-state index in [0.717, 1.165) is 29.9 Å². The van der Waals surface area contributed by atoms with Gasteiger partial charge in [-0.15, -0.1) is 0 Å². The Hall–Kier alpha value is 0.137. The maximum Gasteiger partial charge on any atom is 0.0970 e. The Morgan fingerprint density at radius 1 is 1.33 bits per heavy atom. The van der Waals surface area contributed by atoms with Crippen LogP contribution >= 0.6 is 0 Å². The van der Waals surface area contributed by atoms with Crippen LogP contribution in [0.15, 0.2) is 0 Å². The van der Waals surface area contributed by atoms with Crippen LogP contribution in [0.25, 0.3) is 0 Å². The molecule has 0 spiro atoms.